The van der Waals surface area contributed by atoms with E-state index in [4.69, 9.17) is 5.73 Å². The predicted molar refractivity (Wildman–Crippen MR) is 94.8 cm³/mol. The Morgan fingerprint density at radius 2 is 1.95 bits per heavy atom. The Balaban J connectivity index is 2.22. The summed E-state index contributed by atoms with van der Waals surface area (Å²) in [4.78, 5) is 0. The van der Waals surface area contributed by atoms with E-state index in [0.717, 1.165) is 34.4 Å². The SMILES string of the molecule is Nc1n[nH]c(-c2cc(Br)sc2Br)c1-c1cccc(Br)c1. The molecule has 0 saturated heterocycles. The van der Waals surface area contributed by atoms with Crippen LogP contribution in [-0.4, -0.2) is 10.2 Å². The molecule has 1 aromatic carbocycles. The number of hydrogen-bond acceptors (Lipinski definition) is 3. The third-order valence-electron chi connectivity index (χ3n) is 2.83. The van der Waals surface area contributed by atoms with E-state index in [9.17, 15) is 0 Å². The zero-order valence-electron chi connectivity index (χ0n) is 9.95. The number of H-pyrrole nitrogens is 1. The van der Waals surface area contributed by atoms with Gasteiger partial charge in [0.1, 0.15) is 0 Å². The van der Waals surface area contributed by atoms with Gasteiger partial charge < -0.3 is 5.73 Å². The molecule has 3 N–H and O–H groups in total. The van der Waals surface area contributed by atoms with Crippen molar-refractivity contribution in [2.75, 3.05) is 5.73 Å². The molecule has 3 rings (SSSR count). The van der Waals surface area contributed by atoms with Crippen LogP contribution in [0.15, 0.2) is 42.4 Å². The van der Waals surface area contributed by atoms with Gasteiger partial charge in [-0.3, -0.25) is 5.10 Å². The third-order valence-corrected chi connectivity index (χ3v) is 5.67. The normalized spacial score (nSPS) is 10.9. The van der Waals surface area contributed by atoms with Crippen LogP contribution in [0.3, 0.4) is 0 Å². The minimum absolute atomic E-state index is 0.493. The molecule has 20 heavy (non-hydrogen) atoms. The molecule has 0 radical (unpaired) electrons. The van der Waals surface area contributed by atoms with Gasteiger partial charge in [0.05, 0.1) is 18.8 Å². The van der Waals surface area contributed by atoms with Gasteiger partial charge in [0.2, 0.25) is 0 Å². The first kappa shape index (κ1) is 14.3. The molecule has 2 heterocycles. The van der Waals surface area contributed by atoms with Crippen LogP contribution in [-0.2, 0) is 0 Å². The molecule has 2 aromatic heterocycles. The van der Waals surface area contributed by atoms with Crippen molar-refractivity contribution in [3.8, 4) is 22.4 Å². The summed E-state index contributed by atoms with van der Waals surface area (Å²) in [5.41, 5.74) is 9.93. The van der Waals surface area contributed by atoms with Gasteiger partial charge in [-0.05, 0) is 55.6 Å². The highest BCUT2D eigenvalue weighted by atomic mass is 79.9. The first-order valence-electron chi connectivity index (χ1n) is 5.61. The lowest BCUT2D eigenvalue weighted by molar-refractivity contribution is 1.10. The summed E-state index contributed by atoms with van der Waals surface area (Å²) < 4.78 is 3.09. The van der Waals surface area contributed by atoms with Crippen LogP contribution >= 0.6 is 59.1 Å². The fraction of sp³-hybridized carbons (Fsp3) is 0. The maximum absolute atomic E-state index is 6.04. The van der Waals surface area contributed by atoms with Crippen LogP contribution in [0.25, 0.3) is 22.4 Å². The molecule has 3 aromatic rings. The van der Waals surface area contributed by atoms with Gasteiger partial charge in [-0.2, -0.15) is 5.10 Å². The molecule has 0 fully saturated rings. The number of benzene rings is 1. The molecular formula is C13H8Br3N3S. The Hall–Kier alpha value is -0.630. The minimum Gasteiger partial charge on any atom is -0.382 e. The van der Waals surface area contributed by atoms with Crippen LogP contribution in [0.5, 0.6) is 0 Å². The average molecular weight is 478 g/mol. The molecule has 0 bridgehead atoms. The van der Waals surface area contributed by atoms with Gasteiger partial charge in [0.15, 0.2) is 5.82 Å². The number of thiophene rings is 1. The van der Waals surface area contributed by atoms with Crippen LogP contribution < -0.4 is 5.73 Å². The molecule has 0 aliphatic heterocycles. The smallest absolute Gasteiger partial charge is 0.153 e. The number of aromatic amines is 1. The Morgan fingerprint density at radius 1 is 1.15 bits per heavy atom. The highest BCUT2D eigenvalue weighted by molar-refractivity contribution is 9.12. The van der Waals surface area contributed by atoms with Crippen molar-refractivity contribution < 1.29 is 0 Å². The largest absolute Gasteiger partial charge is 0.382 e. The van der Waals surface area contributed by atoms with Gasteiger partial charge in [-0.15, -0.1) is 11.3 Å². The Bertz CT molecular complexity index is 779. The van der Waals surface area contributed by atoms with E-state index in [1.807, 2.05) is 30.3 Å². The monoisotopic (exact) mass is 475 g/mol. The summed E-state index contributed by atoms with van der Waals surface area (Å²) >= 11 is 12.2. The highest BCUT2D eigenvalue weighted by Gasteiger charge is 2.18. The second-order valence-electron chi connectivity index (χ2n) is 4.11. The van der Waals surface area contributed by atoms with Crippen LogP contribution in [0.1, 0.15) is 0 Å². The lowest BCUT2D eigenvalue weighted by Crippen LogP contribution is -1.88. The Morgan fingerprint density at radius 3 is 2.60 bits per heavy atom. The topological polar surface area (TPSA) is 54.7 Å². The van der Waals surface area contributed by atoms with Crippen molar-refractivity contribution in [2.45, 2.75) is 0 Å². The number of halogens is 3. The maximum atomic E-state index is 6.04. The summed E-state index contributed by atoms with van der Waals surface area (Å²) in [6.07, 6.45) is 0. The maximum Gasteiger partial charge on any atom is 0.153 e. The number of aromatic nitrogens is 2. The van der Waals surface area contributed by atoms with Crippen molar-refractivity contribution in [1.29, 1.82) is 0 Å². The van der Waals surface area contributed by atoms with Gasteiger partial charge in [0.25, 0.3) is 0 Å². The molecular weight excluding hydrogens is 470 g/mol. The fourth-order valence-corrected chi connectivity index (χ4v) is 5.22. The second-order valence-corrected chi connectivity index (χ2v) is 8.77. The summed E-state index contributed by atoms with van der Waals surface area (Å²) in [5, 5.41) is 7.18. The highest BCUT2D eigenvalue weighted by Crippen LogP contribution is 2.43. The van der Waals surface area contributed by atoms with E-state index < -0.39 is 0 Å². The van der Waals surface area contributed by atoms with Crippen LogP contribution in [0, 0.1) is 0 Å². The molecule has 0 unspecified atom stereocenters. The van der Waals surface area contributed by atoms with Crippen molar-refractivity contribution in [2.24, 2.45) is 0 Å². The minimum atomic E-state index is 0.493. The first-order valence-corrected chi connectivity index (χ1v) is 8.81. The molecule has 0 spiro atoms. The third kappa shape index (κ3) is 2.59. The van der Waals surface area contributed by atoms with E-state index >= 15 is 0 Å². The van der Waals surface area contributed by atoms with E-state index in [1.54, 1.807) is 11.3 Å². The number of rotatable bonds is 2. The van der Waals surface area contributed by atoms with E-state index in [0.29, 0.717) is 5.82 Å². The molecule has 0 saturated carbocycles. The molecule has 102 valence electrons. The fourth-order valence-electron chi connectivity index (χ4n) is 2.00. The molecule has 0 aliphatic rings. The van der Waals surface area contributed by atoms with Crippen LogP contribution in [0.2, 0.25) is 0 Å². The van der Waals surface area contributed by atoms with Gasteiger partial charge in [-0.25, -0.2) is 0 Å². The zero-order valence-corrected chi connectivity index (χ0v) is 15.5. The summed E-state index contributed by atoms with van der Waals surface area (Å²) in [7, 11) is 0. The quantitative estimate of drug-likeness (QED) is 0.499. The number of hydrogen-bond donors (Lipinski definition) is 2. The van der Waals surface area contributed by atoms with Crippen molar-refractivity contribution in [3.05, 3.63) is 42.4 Å². The van der Waals surface area contributed by atoms with Crippen molar-refractivity contribution in [1.82, 2.24) is 10.2 Å². The number of nitrogens with two attached hydrogens (primary N) is 1. The second kappa shape index (κ2) is 5.63. The van der Waals surface area contributed by atoms with Gasteiger partial charge >= 0.3 is 0 Å². The Kier molecular flexibility index (Phi) is 4.03. The van der Waals surface area contributed by atoms with Gasteiger partial charge in [-0.1, -0.05) is 28.1 Å². The molecule has 0 aliphatic carbocycles. The summed E-state index contributed by atoms with van der Waals surface area (Å²) in [5.74, 6) is 0.493. The van der Waals surface area contributed by atoms with E-state index in [1.165, 1.54) is 0 Å². The average Bonchev–Trinajstić information content (AvgIpc) is 2.92. The molecule has 0 amide bonds. The van der Waals surface area contributed by atoms with Crippen molar-refractivity contribution in [3.63, 3.8) is 0 Å². The number of nitrogens with zero attached hydrogens (tertiary/aromatic N) is 1. The van der Waals surface area contributed by atoms with Gasteiger partial charge in [0, 0.05) is 10.0 Å². The summed E-state index contributed by atoms with van der Waals surface area (Å²) in [6, 6.07) is 10.1. The predicted octanol–water partition coefficient (Wildman–Crippen LogP) is 5.67. The standard InChI is InChI=1S/C13H8Br3N3S/c14-7-3-1-2-6(4-7)10-11(18-19-13(10)17)8-5-9(15)20-12(8)16/h1-5H,(H3,17,18,19). The lowest BCUT2D eigenvalue weighted by atomic mass is 10.0. The van der Waals surface area contributed by atoms with E-state index in [2.05, 4.69) is 58.0 Å². The number of nitrogens with one attached hydrogen (secondary N) is 1. The Labute approximate surface area is 145 Å². The molecule has 3 nitrogen and oxygen atoms in total. The zero-order chi connectivity index (χ0) is 14.3. The number of nitrogen functional groups attached to an aromatic ring is 1. The molecule has 7 heteroatoms. The molecule has 0 atom stereocenters. The number of anilines is 1. The van der Waals surface area contributed by atoms with E-state index in [-0.39, 0.29) is 0 Å². The first-order chi connectivity index (χ1) is 9.56. The lowest BCUT2D eigenvalue weighted by Gasteiger charge is -2.04. The van der Waals surface area contributed by atoms with Crippen LogP contribution in [0.4, 0.5) is 5.82 Å². The summed E-state index contributed by atoms with van der Waals surface area (Å²) in [6.45, 7) is 0. The van der Waals surface area contributed by atoms with Crippen molar-refractivity contribution >= 4 is 64.9 Å².